The van der Waals surface area contributed by atoms with Crippen LogP contribution in [0.25, 0.3) is 0 Å². The molecule has 1 unspecified atom stereocenters. The molecule has 3 heterocycles. The van der Waals surface area contributed by atoms with Crippen LogP contribution in [0.1, 0.15) is 23.3 Å². The molecule has 9 heteroatoms. The molecule has 2 aliphatic heterocycles. The van der Waals surface area contributed by atoms with Gasteiger partial charge >= 0.3 is 0 Å². The third-order valence-electron chi connectivity index (χ3n) is 6.05. The van der Waals surface area contributed by atoms with Gasteiger partial charge in [-0.2, -0.15) is 4.31 Å². The SMILES string of the molecule is Cc1ccc(S(=O)(=O)N2CCN(C(=O)CN(Cc3cccs3)CC3CCCO3)CC2)cc1. The van der Waals surface area contributed by atoms with E-state index in [1.54, 1.807) is 28.4 Å². The lowest BCUT2D eigenvalue weighted by molar-refractivity contribution is -0.134. The molecule has 1 aromatic carbocycles. The average Bonchev–Trinajstić information content (AvgIpc) is 3.48. The summed E-state index contributed by atoms with van der Waals surface area (Å²) in [7, 11) is -3.53. The molecule has 2 aliphatic rings. The van der Waals surface area contributed by atoms with Gasteiger partial charge in [0.1, 0.15) is 0 Å². The van der Waals surface area contributed by atoms with Gasteiger partial charge in [-0.05, 0) is 43.3 Å². The number of ether oxygens (including phenoxy) is 1. The van der Waals surface area contributed by atoms with Crippen molar-refractivity contribution in [1.82, 2.24) is 14.1 Å². The Morgan fingerprint density at radius 2 is 1.91 bits per heavy atom. The number of aryl methyl sites for hydroxylation is 1. The molecule has 2 aromatic rings. The Morgan fingerprint density at radius 3 is 2.53 bits per heavy atom. The first-order chi connectivity index (χ1) is 15.4. The highest BCUT2D eigenvalue weighted by Gasteiger charge is 2.31. The third-order valence-corrected chi connectivity index (χ3v) is 8.83. The van der Waals surface area contributed by atoms with Crippen molar-refractivity contribution >= 4 is 27.3 Å². The number of sulfonamides is 1. The lowest BCUT2D eigenvalue weighted by Crippen LogP contribution is -2.52. The Hall–Kier alpha value is -1.78. The molecule has 2 saturated heterocycles. The fourth-order valence-corrected chi connectivity index (χ4v) is 6.38. The number of thiophene rings is 1. The maximum absolute atomic E-state index is 13.1. The molecule has 1 atom stereocenters. The normalized spacial score (nSPS) is 20.2. The molecule has 0 N–H and O–H groups in total. The lowest BCUT2D eigenvalue weighted by atomic mass is 10.2. The van der Waals surface area contributed by atoms with Gasteiger partial charge in [0, 0.05) is 50.8 Å². The number of hydrogen-bond donors (Lipinski definition) is 0. The molecule has 32 heavy (non-hydrogen) atoms. The molecule has 2 fully saturated rings. The monoisotopic (exact) mass is 477 g/mol. The van der Waals surface area contributed by atoms with Crippen LogP contribution in [0.3, 0.4) is 0 Å². The van der Waals surface area contributed by atoms with E-state index >= 15 is 0 Å². The van der Waals surface area contributed by atoms with Crippen molar-refractivity contribution in [2.45, 2.75) is 37.3 Å². The Balaban J connectivity index is 1.34. The molecular weight excluding hydrogens is 446 g/mol. The van der Waals surface area contributed by atoms with Gasteiger partial charge in [0.2, 0.25) is 15.9 Å². The van der Waals surface area contributed by atoms with E-state index in [0.717, 1.165) is 38.1 Å². The molecule has 0 bridgehead atoms. The summed E-state index contributed by atoms with van der Waals surface area (Å²) in [4.78, 5) is 18.5. The first-order valence-electron chi connectivity index (χ1n) is 11.1. The predicted molar refractivity (Wildman–Crippen MR) is 125 cm³/mol. The van der Waals surface area contributed by atoms with Crippen LogP contribution in [-0.2, 0) is 26.1 Å². The second kappa shape index (κ2) is 10.4. The van der Waals surface area contributed by atoms with E-state index in [-0.39, 0.29) is 12.0 Å². The minimum absolute atomic E-state index is 0.0481. The molecular formula is C23H31N3O4S2. The fraction of sp³-hybridized carbons (Fsp3) is 0.522. The highest BCUT2D eigenvalue weighted by molar-refractivity contribution is 7.89. The Labute approximate surface area is 194 Å². The minimum Gasteiger partial charge on any atom is -0.377 e. The van der Waals surface area contributed by atoms with E-state index in [9.17, 15) is 13.2 Å². The van der Waals surface area contributed by atoms with Crippen molar-refractivity contribution in [1.29, 1.82) is 0 Å². The van der Waals surface area contributed by atoms with Crippen molar-refractivity contribution in [3.63, 3.8) is 0 Å². The van der Waals surface area contributed by atoms with Crippen LogP contribution < -0.4 is 0 Å². The largest absolute Gasteiger partial charge is 0.377 e. The first kappa shape index (κ1) is 23.4. The summed E-state index contributed by atoms with van der Waals surface area (Å²) in [6, 6.07) is 11.0. The van der Waals surface area contributed by atoms with Crippen molar-refractivity contribution < 1.29 is 17.9 Å². The topological polar surface area (TPSA) is 70.2 Å². The number of hydrogen-bond acceptors (Lipinski definition) is 6. The number of carbonyl (C=O) groups is 1. The van der Waals surface area contributed by atoms with E-state index in [1.807, 2.05) is 25.1 Å². The maximum atomic E-state index is 13.1. The zero-order valence-electron chi connectivity index (χ0n) is 18.5. The maximum Gasteiger partial charge on any atom is 0.243 e. The van der Waals surface area contributed by atoms with E-state index in [1.165, 1.54) is 9.18 Å². The number of piperazine rings is 1. The Morgan fingerprint density at radius 1 is 1.16 bits per heavy atom. The summed E-state index contributed by atoms with van der Waals surface area (Å²) < 4.78 is 33.1. The Kier molecular flexibility index (Phi) is 7.63. The number of benzene rings is 1. The second-order valence-electron chi connectivity index (χ2n) is 8.48. The number of nitrogens with zero attached hydrogens (tertiary/aromatic N) is 3. The lowest BCUT2D eigenvalue weighted by Gasteiger charge is -2.35. The first-order valence-corrected chi connectivity index (χ1v) is 13.4. The van der Waals surface area contributed by atoms with Gasteiger partial charge in [0.25, 0.3) is 0 Å². The van der Waals surface area contributed by atoms with Crippen LogP contribution in [-0.4, -0.2) is 80.4 Å². The molecule has 174 valence electrons. The van der Waals surface area contributed by atoms with E-state index in [4.69, 9.17) is 4.74 Å². The highest BCUT2D eigenvalue weighted by Crippen LogP contribution is 2.20. The van der Waals surface area contributed by atoms with Gasteiger partial charge in [-0.15, -0.1) is 11.3 Å². The highest BCUT2D eigenvalue weighted by atomic mass is 32.2. The molecule has 4 rings (SSSR count). The van der Waals surface area contributed by atoms with E-state index in [0.29, 0.717) is 37.6 Å². The van der Waals surface area contributed by atoms with E-state index < -0.39 is 10.0 Å². The molecule has 0 radical (unpaired) electrons. The van der Waals surface area contributed by atoms with Gasteiger partial charge < -0.3 is 9.64 Å². The van der Waals surface area contributed by atoms with Gasteiger partial charge in [-0.25, -0.2) is 8.42 Å². The zero-order valence-corrected chi connectivity index (χ0v) is 20.1. The minimum atomic E-state index is -3.53. The molecule has 0 saturated carbocycles. The Bertz CT molecular complexity index is 979. The molecule has 0 aliphatic carbocycles. The predicted octanol–water partition coefficient (Wildman–Crippen LogP) is 2.57. The third kappa shape index (κ3) is 5.77. The molecule has 0 spiro atoms. The van der Waals surface area contributed by atoms with Gasteiger partial charge in [0.15, 0.2) is 0 Å². The summed E-state index contributed by atoms with van der Waals surface area (Å²) in [5.41, 5.74) is 1.02. The van der Waals surface area contributed by atoms with Crippen molar-refractivity contribution in [2.75, 3.05) is 45.9 Å². The number of amides is 1. The molecule has 7 nitrogen and oxygen atoms in total. The van der Waals surface area contributed by atoms with Crippen molar-refractivity contribution in [3.05, 3.63) is 52.2 Å². The van der Waals surface area contributed by atoms with Crippen molar-refractivity contribution in [2.24, 2.45) is 0 Å². The van der Waals surface area contributed by atoms with Crippen LogP contribution in [0.2, 0.25) is 0 Å². The van der Waals surface area contributed by atoms with Crippen LogP contribution in [0, 0.1) is 6.92 Å². The standard InChI is InChI=1S/C23H31N3O4S2/c1-19-6-8-22(9-7-19)32(28,29)26-12-10-25(11-13-26)23(27)18-24(16-20-4-2-14-30-20)17-21-5-3-15-31-21/h3,5-9,15,20H,2,4,10-14,16-18H2,1H3. The summed E-state index contributed by atoms with van der Waals surface area (Å²) >= 11 is 1.69. The van der Waals surface area contributed by atoms with Crippen LogP contribution in [0.15, 0.2) is 46.7 Å². The quantitative estimate of drug-likeness (QED) is 0.585. The summed E-state index contributed by atoms with van der Waals surface area (Å²) in [6.07, 6.45) is 2.28. The number of carbonyl (C=O) groups excluding carboxylic acids is 1. The summed E-state index contributed by atoms with van der Waals surface area (Å²) in [5.74, 6) is 0.0481. The van der Waals surface area contributed by atoms with Crippen LogP contribution in [0.5, 0.6) is 0 Å². The van der Waals surface area contributed by atoms with Gasteiger partial charge in [-0.1, -0.05) is 23.8 Å². The fourth-order valence-electron chi connectivity index (χ4n) is 4.21. The smallest absolute Gasteiger partial charge is 0.243 e. The summed E-state index contributed by atoms with van der Waals surface area (Å²) in [5, 5.41) is 2.05. The second-order valence-corrected chi connectivity index (χ2v) is 11.5. The van der Waals surface area contributed by atoms with Gasteiger partial charge in [0.05, 0.1) is 17.5 Å². The summed E-state index contributed by atoms with van der Waals surface area (Å²) in [6.45, 7) is 5.98. The zero-order chi connectivity index (χ0) is 22.6. The number of rotatable bonds is 8. The van der Waals surface area contributed by atoms with Crippen molar-refractivity contribution in [3.8, 4) is 0 Å². The van der Waals surface area contributed by atoms with E-state index in [2.05, 4.69) is 16.3 Å². The molecule has 1 amide bonds. The average molecular weight is 478 g/mol. The molecule has 1 aromatic heterocycles. The van der Waals surface area contributed by atoms with Crippen LogP contribution >= 0.6 is 11.3 Å². The van der Waals surface area contributed by atoms with Gasteiger partial charge in [-0.3, -0.25) is 9.69 Å². The van der Waals surface area contributed by atoms with Crippen LogP contribution in [0.4, 0.5) is 0 Å².